The Hall–Kier alpha value is -0.120. The molecule has 18 heavy (non-hydrogen) atoms. The first kappa shape index (κ1) is 15.9. The summed E-state index contributed by atoms with van der Waals surface area (Å²) in [4.78, 5) is 0. The molecule has 0 heterocycles. The summed E-state index contributed by atoms with van der Waals surface area (Å²) in [6, 6.07) is 0.538. The lowest BCUT2D eigenvalue weighted by atomic mass is 9.85. The zero-order chi connectivity index (χ0) is 13.4. The molecule has 0 amide bonds. The Morgan fingerprint density at radius 3 is 2.67 bits per heavy atom. The molecule has 0 bridgehead atoms. The van der Waals surface area contributed by atoms with Crippen LogP contribution in [0.2, 0.25) is 0 Å². The normalized spacial score (nSPS) is 28.8. The quantitative estimate of drug-likeness (QED) is 0.678. The Kier molecular flexibility index (Phi) is 7.87. The van der Waals surface area contributed by atoms with Crippen molar-refractivity contribution >= 4 is 0 Å². The van der Waals surface area contributed by atoms with Gasteiger partial charge >= 0.3 is 0 Å². The summed E-state index contributed by atoms with van der Waals surface area (Å²) in [6.07, 6.45) is 4.12. The second-order valence-corrected chi connectivity index (χ2v) is 5.96. The van der Waals surface area contributed by atoms with E-state index >= 15 is 0 Å². The maximum absolute atomic E-state index is 6.01. The van der Waals surface area contributed by atoms with Gasteiger partial charge in [-0.1, -0.05) is 27.7 Å². The first-order valence-corrected chi connectivity index (χ1v) is 7.56. The van der Waals surface area contributed by atoms with Crippen LogP contribution in [0.15, 0.2) is 0 Å². The summed E-state index contributed by atoms with van der Waals surface area (Å²) < 4.78 is 11.6. The lowest BCUT2D eigenvalue weighted by molar-refractivity contribution is -0.0368. The molecule has 0 aromatic heterocycles. The molecule has 0 aromatic rings. The van der Waals surface area contributed by atoms with Crippen LogP contribution in [0.1, 0.15) is 47.0 Å². The molecule has 3 atom stereocenters. The van der Waals surface area contributed by atoms with E-state index in [0.29, 0.717) is 18.1 Å². The van der Waals surface area contributed by atoms with Crippen molar-refractivity contribution in [2.45, 2.75) is 59.1 Å². The molecule has 0 aromatic carbocycles. The van der Waals surface area contributed by atoms with E-state index in [-0.39, 0.29) is 0 Å². The summed E-state index contributed by atoms with van der Waals surface area (Å²) in [6.45, 7) is 12.2. The highest BCUT2D eigenvalue weighted by Gasteiger charge is 2.28. The van der Waals surface area contributed by atoms with E-state index in [9.17, 15) is 0 Å². The Morgan fingerprint density at radius 1 is 1.22 bits per heavy atom. The van der Waals surface area contributed by atoms with Crippen LogP contribution in [0.25, 0.3) is 0 Å². The van der Waals surface area contributed by atoms with Gasteiger partial charge in [-0.25, -0.2) is 0 Å². The molecular formula is C15H31NO2. The molecule has 1 aliphatic carbocycles. The second-order valence-electron chi connectivity index (χ2n) is 5.96. The van der Waals surface area contributed by atoms with Crippen molar-refractivity contribution in [1.29, 1.82) is 0 Å². The highest BCUT2D eigenvalue weighted by Crippen LogP contribution is 2.26. The maximum Gasteiger partial charge on any atom is 0.0731 e. The van der Waals surface area contributed by atoms with E-state index in [1.54, 1.807) is 0 Å². The SMILES string of the molecule is CCNC1CCC(C)CC1OCCOCC(C)C. The molecule has 3 unspecified atom stereocenters. The van der Waals surface area contributed by atoms with E-state index in [1.165, 1.54) is 19.3 Å². The fraction of sp³-hybridized carbons (Fsp3) is 1.00. The van der Waals surface area contributed by atoms with Gasteiger partial charge < -0.3 is 14.8 Å². The van der Waals surface area contributed by atoms with Gasteiger partial charge in [-0.2, -0.15) is 0 Å². The van der Waals surface area contributed by atoms with Crippen molar-refractivity contribution in [2.24, 2.45) is 11.8 Å². The van der Waals surface area contributed by atoms with Gasteiger partial charge in [0, 0.05) is 12.6 Å². The summed E-state index contributed by atoms with van der Waals surface area (Å²) in [7, 11) is 0. The van der Waals surface area contributed by atoms with Gasteiger partial charge in [-0.05, 0) is 37.6 Å². The molecule has 1 aliphatic rings. The first-order chi connectivity index (χ1) is 8.63. The molecule has 0 aliphatic heterocycles. The van der Waals surface area contributed by atoms with Crippen LogP contribution in [-0.4, -0.2) is 38.5 Å². The number of rotatable bonds is 8. The third-order valence-corrected chi connectivity index (χ3v) is 3.53. The topological polar surface area (TPSA) is 30.5 Å². The predicted octanol–water partition coefficient (Wildman–Crippen LogP) is 2.84. The molecule has 3 heteroatoms. The molecular weight excluding hydrogens is 226 g/mol. The zero-order valence-electron chi connectivity index (χ0n) is 12.6. The average Bonchev–Trinajstić information content (AvgIpc) is 2.32. The maximum atomic E-state index is 6.01. The zero-order valence-corrected chi connectivity index (χ0v) is 12.6. The molecule has 0 radical (unpaired) electrons. The van der Waals surface area contributed by atoms with Crippen molar-refractivity contribution in [3.05, 3.63) is 0 Å². The van der Waals surface area contributed by atoms with Gasteiger partial charge in [-0.3, -0.25) is 0 Å². The van der Waals surface area contributed by atoms with Crippen LogP contribution in [-0.2, 0) is 9.47 Å². The van der Waals surface area contributed by atoms with Gasteiger partial charge in [0.2, 0.25) is 0 Å². The number of ether oxygens (including phenoxy) is 2. The van der Waals surface area contributed by atoms with Crippen LogP contribution in [0.3, 0.4) is 0 Å². The number of nitrogens with one attached hydrogen (secondary N) is 1. The van der Waals surface area contributed by atoms with Crippen LogP contribution >= 0.6 is 0 Å². The van der Waals surface area contributed by atoms with E-state index in [0.717, 1.165) is 32.3 Å². The minimum Gasteiger partial charge on any atom is -0.379 e. The summed E-state index contributed by atoms with van der Waals surface area (Å²) in [5.41, 5.74) is 0. The smallest absolute Gasteiger partial charge is 0.0731 e. The van der Waals surface area contributed by atoms with Gasteiger partial charge in [0.15, 0.2) is 0 Å². The van der Waals surface area contributed by atoms with Crippen molar-refractivity contribution < 1.29 is 9.47 Å². The number of hydrogen-bond donors (Lipinski definition) is 1. The molecule has 1 N–H and O–H groups in total. The largest absolute Gasteiger partial charge is 0.379 e. The molecule has 1 saturated carbocycles. The minimum absolute atomic E-state index is 0.372. The molecule has 1 fully saturated rings. The molecule has 1 rings (SSSR count). The number of hydrogen-bond acceptors (Lipinski definition) is 3. The predicted molar refractivity (Wildman–Crippen MR) is 75.9 cm³/mol. The Morgan fingerprint density at radius 2 is 2.00 bits per heavy atom. The summed E-state index contributed by atoms with van der Waals surface area (Å²) in [5, 5.41) is 3.55. The first-order valence-electron chi connectivity index (χ1n) is 7.56. The fourth-order valence-corrected chi connectivity index (χ4v) is 2.59. The van der Waals surface area contributed by atoms with Crippen LogP contribution < -0.4 is 5.32 Å². The summed E-state index contributed by atoms with van der Waals surface area (Å²) >= 11 is 0. The third-order valence-electron chi connectivity index (χ3n) is 3.53. The molecule has 3 nitrogen and oxygen atoms in total. The van der Waals surface area contributed by atoms with Crippen molar-refractivity contribution in [3.63, 3.8) is 0 Å². The monoisotopic (exact) mass is 257 g/mol. The lowest BCUT2D eigenvalue weighted by Gasteiger charge is -2.35. The molecule has 0 saturated heterocycles. The Balaban J connectivity index is 2.19. The standard InChI is InChI=1S/C15H31NO2/c1-5-16-14-7-6-13(4)10-15(14)18-9-8-17-11-12(2)3/h12-16H,5-11H2,1-4H3. The second kappa shape index (κ2) is 8.89. The van der Waals surface area contributed by atoms with Crippen LogP contribution in [0, 0.1) is 11.8 Å². The molecule has 0 spiro atoms. The fourth-order valence-electron chi connectivity index (χ4n) is 2.59. The number of likely N-dealkylation sites (N-methyl/N-ethyl adjacent to an activating group) is 1. The van der Waals surface area contributed by atoms with Crippen molar-refractivity contribution in [3.8, 4) is 0 Å². The van der Waals surface area contributed by atoms with E-state index < -0.39 is 0 Å². The third kappa shape index (κ3) is 6.17. The van der Waals surface area contributed by atoms with E-state index in [2.05, 4.69) is 33.0 Å². The lowest BCUT2D eigenvalue weighted by Crippen LogP contribution is -2.45. The van der Waals surface area contributed by atoms with Crippen molar-refractivity contribution in [2.75, 3.05) is 26.4 Å². The highest BCUT2D eigenvalue weighted by molar-refractivity contribution is 4.84. The Bertz CT molecular complexity index is 209. The Labute approximate surface area is 113 Å². The van der Waals surface area contributed by atoms with E-state index in [4.69, 9.17) is 9.47 Å². The van der Waals surface area contributed by atoms with Crippen LogP contribution in [0.5, 0.6) is 0 Å². The van der Waals surface area contributed by atoms with Gasteiger partial charge in [0.1, 0.15) is 0 Å². The van der Waals surface area contributed by atoms with Gasteiger partial charge in [0.25, 0.3) is 0 Å². The van der Waals surface area contributed by atoms with E-state index in [1.807, 2.05) is 0 Å². The highest BCUT2D eigenvalue weighted by atomic mass is 16.5. The van der Waals surface area contributed by atoms with Gasteiger partial charge in [-0.15, -0.1) is 0 Å². The van der Waals surface area contributed by atoms with Gasteiger partial charge in [0.05, 0.1) is 19.3 Å². The van der Waals surface area contributed by atoms with Crippen molar-refractivity contribution in [1.82, 2.24) is 5.32 Å². The molecule has 108 valence electrons. The minimum atomic E-state index is 0.372. The average molecular weight is 257 g/mol. The van der Waals surface area contributed by atoms with Crippen LogP contribution in [0.4, 0.5) is 0 Å². The summed E-state index contributed by atoms with van der Waals surface area (Å²) in [5.74, 6) is 1.40.